The molecule has 6 heteroatoms. The maximum Gasteiger partial charge on any atom is 0.271 e. The molecule has 22 heavy (non-hydrogen) atoms. The van der Waals surface area contributed by atoms with Gasteiger partial charge in [0.2, 0.25) is 0 Å². The van der Waals surface area contributed by atoms with Crippen LogP contribution in [0.5, 0.6) is 5.75 Å². The number of carbonyl (C=O) groups excluding carboxylic acids is 1. The van der Waals surface area contributed by atoms with E-state index < -0.39 is 5.82 Å². The highest BCUT2D eigenvalue weighted by Gasteiger charge is 2.17. The van der Waals surface area contributed by atoms with Crippen molar-refractivity contribution in [2.45, 2.75) is 26.8 Å². The summed E-state index contributed by atoms with van der Waals surface area (Å²) < 4.78 is 20.9. The van der Waals surface area contributed by atoms with E-state index in [0.717, 1.165) is 6.42 Å². The fourth-order valence-electron chi connectivity index (χ4n) is 2.15. The number of methoxy groups -OCH3 is 1. The van der Waals surface area contributed by atoms with Crippen LogP contribution in [0.1, 0.15) is 30.8 Å². The van der Waals surface area contributed by atoms with Crippen molar-refractivity contribution >= 4 is 5.91 Å². The number of nitrogens with zero attached hydrogens (tertiary/aromatic N) is 2. The zero-order valence-corrected chi connectivity index (χ0v) is 13.0. The lowest BCUT2D eigenvalue weighted by Gasteiger charge is -2.07. The summed E-state index contributed by atoms with van der Waals surface area (Å²) in [5.74, 6) is -0.205. The van der Waals surface area contributed by atoms with Crippen LogP contribution in [0.25, 0.3) is 11.3 Å². The molecule has 5 nitrogen and oxygen atoms in total. The van der Waals surface area contributed by atoms with Crippen LogP contribution in [0, 0.1) is 5.82 Å². The smallest absolute Gasteiger partial charge is 0.271 e. The average molecular weight is 305 g/mol. The number of amides is 1. The van der Waals surface area contributed by atoms with Crippen molar-refractivity contribution in [3.05, 3.63) is 35.8 Å². The van der Waals surface area contributed by atoms with Gasteiger partial charge in [-0.15, -0.1) is 0 Å². The number of aromatic nitrogens is 2. The van der Waals surface area contributed by atoms with Crippen LogP contribution < -0.4 is 10.1 Å². The summed E-state index contributed by atoms with van der Waals surface area (Å²) in [7, 11) is 1.49. The predicted octanol–water partition coefficient (Wildman–Crippen LogP) is 2.86. The minimum absolute atomic E-state index is 0.246. The first-order valence-electron chi connectivity index (χ1n) is 7.30. The second-order valence-electron chi connectivity index (χ2n) is 4.83. The second kappa shape index (κ2) is 7.06. The van der Waals surface area contributed by atoms with Crippen LogP contribution in [-0.4, -0.2) is 29.3 Å². The Labute approximate surface area is 129 Å². The average Bonchev–Trinajstić information content (AvgIpc) is 2.96. The van der Waals surface area contributed by atoms with Crippen LogP contribution in [-0.2, 0) is 6.54 Å². The molecule has 2 aromatic rings. The normalized spacial score (nSPS) is 10.5. The minimum atomic E-state index is -0.408. The molecule has 0 atom stereocenters. The van der Waals surface area contributed by atoms with Crippen molar-refractivity contribution in [2.24, 2.45) is 0 Å². The van der Waals surface area contributed by atoms with Crippen LogP contribution in [0.4, 0.5) is 4.39 Å². The standard InChI is InChI=1S/C16H20FN3O2/c1-4-8-18-16(21)14-10-15(20(5-2)19-14)12-7-6-11(22-3)9-13(12)17/h6-7,9-10H,4-5,8H2,1-3H3,(H,18,21). The predicted molar refractivity (Wildman–Crippen MR) is 82.5 cm³/mol. The lowest BCUT2D eigenvalue weighted by atomic mass is 10.1. The molecule has 1 aromatic carbocycles. The molecule has 1 amide bonds. The highest BCUT2D eigenvalue weighted by Crippen LogP contribution is 2.27. The number of aryl methyl sites for hydroxylation is 1. The molecule has 0 saturated heterocycles. The Hall–Kier alpha value is -2.37. The van der Waals surface area contributed by atoms with Gasteiger partial charge in [0.25, 0.3) is 5.91 Å². The lowest BCUT2D eigenvalue weighted by Crippen LogP contribution is -2.24. The third-order valence-corrected chi connectivity index (χ3v) is 3.30. The molecular weight excluding hydrogens is 285 g/mol. The van der Waals surface area contributed by atoms with E-state index in [2.05, 4.69) is 10.4 Å². The molecular formula is C16H20FN3O2. The molecule has 2 rings (SSSR count). The number of benzene rings is 1. The van der Waals surface area contributed by atoms with E-state index in [1.165, 1.54) is 13.2 Å². The number of ether oxygens (including phenoxy) is 1. The summed E-state index contributed by atoms with van der Waals surface area (Å²) in [6.07, 6.45) is 0.847. The van der Waals surface area contributed by atoms with E-state index in [1.807, 2.05) is 13.8 Å². The largest absolute Gasteiger partial charge is 0.497 e. The number of hydrogen-bond donors (Lipinski definition) is 1. The van der Waals surface area contributed by atoms with Crippen molar-refractivity contribution in [1.82, 2.24) is 15.1 Å². The lowest BCUT2D eigenvalue weighted by molar-refractivity contribution is 0.0948. The van der Waals surface area contributed by atoms with Crippen molar-refractivity contribution < 1.29 is 13.9 Å². The Balaban J connectivity index is 2.38. The van der Waals surface area contributed by atoms with E-state index in [-0.39, 0.29) is 5.91 Å². The van der Waals surface area contributed by atoms with E-state index in [0.29, 0.717) is 35.8 Å². The molecule has 0 aliphatic carbocycles. The van der Waals surface area contributed by atoms with Gasteiger partial charge in [-0.2, -0.15) is 5.10 Å². The molecule has 0 radical (unpaired) electrons. The van der Waals surface area contributed by atoms with Gasteiger partial charge in [-0.3, -0.25) is 9.48 Å². The number of halogens is 1. The molecule has 1 heterocycles. The van der Waals surface area contributed by atoms with E-state index in [4.69, 9.17) is 4.74 Å². The summed E-state index contributed by atoms with van der Waals surface area (Å²) >= 11 is 0. The van der Waals surface area contributed by atoms with Gasteiger partial charge >= 0.3 is 0 Å². The van der Waals surface area contributed by atoms with Gasteiger partial charge in [0.05, 0.1) is 12.8 Å². The summed E-state index contributed by atoms with van der Waals surface area (Å²) in [6, 6.07) is 6.24. The Morgan fingerprint density at radius 1 is 1.36 bits per heavy atom. The molecule has 0 bridgehead atoms. The molecule has 118 valence electrons. The van der Waals surface area contributed by atoms with Gasteiger partial charge in [-0.1, -0.05) is 6.92 Å². The molecule has 0 aliphatic rings. The van der Waals surface area contributed by atoms with E-state index >= 15 is 0 Å². The molecule has 0 spiro atoms. The van der Waals surface area contributed by atoms with Gasteiger partial charge in [0, 0.05) is 24.7 Å². The van der Waals surface area contributed by atoms with Crippen LogP contribution in [0.15, 0.2) is 24.3 Å². The number of carbonyl (C=O) groups is 1. The monoisotopic (exact) mass is 305 g/mol. The first kappa shape index (κ1) is 16.0. The van der Waals surface area contributed by atoms with E-state index in [1.54, 1.807) is 22.9 Å². The highest BCUT2D eigenvalue weighted by atomic mass is 19.1. The second-order valence-corrected chi connectivity index (χ2v) is 4.83. The van der Waals surface area contributed by atoms with Gasteiger partial charge in [-0.25, -0.2) is 4.39 Å². The fourth-order valence-corrected chi connectivity index (χ4v) is 2.15. The molecule has 0 aliphatic heterocycles. The minimum Gasteiger partial charge on any atom is -0.497 e. The third-order valence-electron chi connectivity index (χ3n) is 3.30. The van der Waals surface area contributed by atoms with Crippen molar-refractivity contribution in [2.75, 3.05) is 13.7 Å². The van der Waals surface area contributed by atoms with Crippen molar-refractivity contribution in [3.63, 3.8) is 0 Å². The molecule has 0 unspecified atom stereocenters. The van der Waals surface area contributed by atoms with Crippen molar-refractivity contribution in [1.29, 1.82) is 0 Å². The summed E-state index contributed by atoms with van der Waals surface area (Å²) in [6.45, 7) is 5.00. The highest BCUT2D eigenvalue weighted by molar-refractivity contribution is 5.93. The first-order valence-corrected chi connectivity index (χ1v) is 7.30. The van der Waals surface area contributed by atoms with Gasteiger partial charge in [0.15, 0.2) is 5.69 Å². The van der Waals surface area contributed by atoms with Gasteiger partial charge < -0.3 is 10.1 Å². The Morgan fingerprint density at radius 3 is 2.73 bits per heavy atom. The molecule has 0 fully saturated rings. The topological polar surface area (TPSA) is 56.1 Å². The van der Waals surface area contributed by atoms with Gasteiger partial charge in [-0.05, 0) is 31.5 Å². The van der Waals surface area contributed by atoms with E-state index in [9.17, 15) is 9.18 Å². The Kier molecular flexibility index (Phi) is 5.14. The number of nitrogens with one attached hydrogen (secondary N) is 1. The van der Waals surface area contributed by atoms with Crippen LogP contribution in [0.2, 0.25) is 0 Å². The number of rotatable bonds is 6. The molecule has 1 N–H and O–H groups in total. The first-order chi connectivity index (χ1) is 10.6. The maximum absolute atomic E-state index is 14.2. The Morgan fingerprint density at radius 2 is 2.14 bits per heavy atom. The van der Waals surface area contributed by atoms with Crippen LogP contribution in [0.3, 0.4) is 0 Å². The summed E-state index contributed by atoms with van der Waals surface area (Å²) in [5.41, 5.74) is 1.26. The zero-order chi connectivity index (χ0) is 16.1. The maximum atomic E-state index is 14.2. The fraction of sp³-hybridized carbons (Fsp3) is 0.375. The third kappa shape index (κ3) is 3.27. The van der Waals surface area contributed by atoms with Crippen molar-refractivity contribution in [3.8, 4) is 17.0 Å². The molecule has 0 saturated carbocycles. The number of hydrogen-bond acceptors (Lipinski definition) is 3. The Bertz CT molecular complexity index is 667. The zero-order valence-electron chi connectivity index (χ0n) is 13.0. The van der Waals surface area contributed by atoms with Gasteiger partial charge in [0.1, 0.15) is 11.6 Å². The quantitative estimate of drug-likeness (QED) is 0.893. The van der Waals surface area contributed by atoms with Crippen LogP contribution >= 0.6 is 0 Å². The molecule has 1 aromatic heterocycles. The summed E-state index contributed by atoms with van der Waals surface area (Å²) in [5, 5.41) is 7.02. The summed E-state index contributed by atoms with van der Waals surface area (Å²) in [4.78, 5) is 12.0. The SMILES string of the molecule is CCCNC(=O)c1cc(-c2ccc(OC)cc2F)n(CC)n1.